The molecule has 3 nitrogen and oxygen atoms in total. The number of anilines is 1. The quantitative estimate of drug-likeness (QED) is 0.541. The summed E-state index contributed by atoms with van der Waals surface area (Å²) in [5.74, 6) is -0.230. The molecule has 0 saturated heterocycles. The number of halogens is 1. The molecule has 0 unspecified atom stereocenters. The Morgan fingerprint density at radius 1 is 1.00 bits per heavy atom. The summed E-state index contributed by atoms with van der Waals surface area (Å²) < 4.78 is 15.2. The van der Waals surface area contributed by atoms with Crippen LogP contribution in [0, 0.1) is 12.7 Å². The third-order valence-electron chi connectivity index (χ3n) is 3.82. The zero-order valence-corrected chi connectivity index (χ0v) is 13.3. The molecule has 0 bridgehead atoms. The van der Waals surface area contributed by atoms with Crippen molar-refractivity contribution in [2.75, 3.05) is 5.73 Å². The van der Waals surface area contributed by atoms with E-state index in [1.54, 1.807) is 23.5 Å². The normalized spacial score (nSPS) is 11.2. The molecule has 2 N–H and O–H groups in total. The van der Waals surface area contributed by atoms with Crippen molar-refractivity contribution in [2.24, 2.45) is 0 Å². The number of aromatic nitrogens is 2. The molecule has 2 aromatic carbocycles. The first-order chi connectivity index (χ1) is 11.1. The molecule has 23 heavy (non-hydrogen) atoms. The molecule has 0 aliphatic carbocycles. The number of nitrogens with zero attached hydrogens (tertiary/aromatic N) is 2. The Hall–Kier alpha value is -2.66. The van der Waals surface area contributed by atoms with Gasteiger partial charge in [0.1, 0.15) is 5.82 Å². The van der Waals surface area contributed by atoms with Gasteiger partial charge < -0.3 is 5.73 Å². The number of hydrogen-bond acceptors (Lipinski definition) is 3. The highest BCUT2D eigenvalue weighted by molar-refractivity contribution is 7.17. The third-order valence-corrected chi connectivity index (χ3v) is 4.79. The Balaban J connectivity index is 1.87. The van der Waals surface area contributed by atoms with Crippen LogP contribution in [-0.4, -0.2) is 9.38 Å². The second-order valence-corrected chi connectivity index (χ2v) is 6.60. The largest absolute Gasteiger partial charge is 0.399 e. The summed E-state index contributed by atoms with van der Waals surface area (Å²) in [7, 11) is 0. The molecule has 5 heteroatoms. The first-order valence-electron chi connectivity index (χ1n) is 7.22. The number of imidazole rings is 1. The topological polar surface area (TPSA) is 43.3 Å². The summed E-state index contributed by atoms with van der Waals surface area (Å²) >= 11 is 1.63. The van der Waals surface area contributed by atoms with E-state index in [9.17, 15) is 4.39 Å². The number of rotatable bonds is 2. The van der Waals surface area contributed by atoms with Gasteiger partial charge in [-0.3, -0.25) is 4.40 Å². The van der Waals surface area contributed by atoms with Gasteiger partial charge in [0.25, 0.3) is 0 Å². The standard InChI is InChI=1S/C18H14FN3S/c1-11-17(13-2-6-14(19)7-3-13)22-10-16(21-18(22)23-11)12-4-8-15(20)9-5-12/h2-10H,20H2,1H3. The predicted molar refractivity (Wildman–Crippen MR) is 93.0 cm³/mol. The van der Waals surface area contributed by atoms with Crippen molar-refractivity contribution < 1.29 is 4.39 Å². The highest BCUT2D eigenvalue weighted by Gasteiger charge is 2.14. The smallest absolute Gasteiger partial charge is 0.194 e. The monoisotopic (exact) mass is 323 g/mol. The maximum atomic E-state index is 13.2. The van der Waals surface area contributed by atoms with Gasteiger partial charge >= 0.3 is 0 Å². The number of hydrogen-bond donors (Lipinski definition) is 1. The number of fused-ring (bicyclic) bond motifs is 1. The van der Waals surface area contributed by atoms with Crippen LogP contribution in [0.15, 0.2) is 54.7 Å². The fraction of sp³-hybridized carbons (Fsp3) is 0.0556. The molecule has 2 heterocycles. The Morgan fingerprint density at radius 2 is 1.65 bits per heavy atom. The molecule has 114 valence electrons. The maximum Gasteiger partial charge on any atom is 0.194 e. The average Bonchev–Trinajstić information content (AvgIpc) is 3.06. The van der Waals surface area contributed by atoms with Gasteiger partial charge in [0.2, 0.25) is 0 Å². The molecule has 0 spiro atoms. The molecule has 0 radical (unpaired) electrons. The van der Waals surface area contributed by atoms with Gasteiger partial charge in [-0.2, -0.15) is 0 Å². The predicted octanol–water partition coefficient (Wildman–Crippen LogP) is 4.76. The van der Waals surface area contributed by atoms with Crippen LogP contribution >= 0.6 is 11.3 Å². The van der Waals surface area contributed by atoms with E-state index >= 15 is 0 Å². The minimum absolute atomic E-state index is 0.230. The summed E-state index contributed by atoms with van der Waals surface area (Å²) in [4.78, 5) is 6.78. The molecule has 0 atom stereocenters. The lowest BCUT2D eigenvalue weighted by molar-refractivity contribution is 0.628. The Morgan fingerprint density at radius 3 is 2.35 bits per heavy atom. The van der Waals surface area contributed by atoms with Gasteiger partial charge in [-0.1, -0.05) is 12.1 Å². The van der Waals surface area contributed by atoms with Crippen LogP contribution in [0.5, 0.6) is 0 Å². The lowest BCUT2D eigenvalue weighted by atomic mass is 10.1. The van der Waals surface area contributed by atoms with Crippen LogP contribution < -0.4 is 5.73 Å². The molecular formula is C18H14FN3S. The highest BCUT2D eigenvalue weighted by atomic mass is 32.1. The summed E-state index contributed by atoms with van der Waals surface area (Å²) in [6.45, 7) is 2.06. The summed E-state index contributed by atoms with van der Waals surface area (Å²) in [6.07, 6.45) is 2.02. The summed E-state index contributed by atoms with van der Waals surface area (Å²) in [5.41, 5.74) is 10.4. The van der Waals surface area contributed by atoms with Crippen molar-refractivity contribution in [2.45, 2.75) is 6.92 Å². The third kappa shape index (κ3) is 2.39. The number of aryl methyl sites for hydroxylation is 1. The van der Waals surface area contributed by atoms with Crippen molar-refractivity contribution in [1.29, 1.82) is 0 Å². The second kappa shape index (κ2) is 5.21. The number of thiazole rings is 1. The minimum atomic E-state index is -0.230. The van der Waals surface area contributed by atoms with Crippen LogP contribution in [0.4, 0.5) is 10.1 Å². The lowest BCUT2D eigenvalue weighted by Crippen LogP contribution is -1.87. The second-order valence-electron chi connectivity index (χ2n) is 5.41. The van der Waals surface area contributed by atoms with Crippen LogP contribution in [-0.2, 0) is 0 Å². The van der Waals surface area contributed by atoms with E-state index in [-0.39, 0.29) is 5.82 Å². The summed E-state index contributed by atoms with van der Waals surface area (Å²) in [5, 5.41) is 0. The molecule has 0 aliphatic rings. The van der Waals surface area contributed by atoms with Crippen LogP contribution in [0.2, 0.25) is 0 Å². The van der Waals surface area contributed by atoms with E-state index in [1.807, 2.05) is 30.5 Å². The minimum Gasteiger partial charge on any atom is -0.399 e. The molecule has 0 aliphatic heterocycles. The van der Waals surface area contributed by atoms with Crippen molar-refractivity contribution in [3.05, 3.63) is 65.4 Å². The fourth-order valence-electron chi connectivity index (χ4n) is 2.69. The summed E-state index contributed by atoms with van der Waals surface area (Å²) in [6, 6.07) is 14.2. The van der Waals surface area contributed by atoms with Crippen molar-refractivity contribution in [3.63, 3.8) is 0 Å². The van der Waals surface area contributed by atoms with Crippen molar-refractivity contribution in [1.82, 2.24) is 9.38 Å². The zero-order chi connectivity index (χ0) is 16.0. The maximum absolute atomic E-state index is 13.2. The van der Waals surface area contributed by atoms with Crippen LogP contribution in [0.3, 0.4) is 0 Å². The number of benzene rings is 2. The fourth-order valence-corrected chi connectivity index (χ4v) is 3.67. The first kappa shape index (κ1) is 14.0. The van der Waals surface area contributed by atoms with Crippen molar-refractivity contribution >= 4 is 22.0 Å². The Kier molecular flexibility index (Phi) is 3.16. The SMILES string of the molecule is Cc1sc2nc(-c3ccc(N)cc3)cn2c1-c1ccc(F)cc1. The van der Waals surface area contributed by atoms with E-state index < -0.39 is 0 Å². The van der Waals surface area contributed by atoms with E-state index in [2.05, 4.69) is 11.3 Å². The van der Waals surface area contributed by atoms with Gasteiger partial charge in [-0.15, -0.1) is 11.3 Å². The molecular weight excluding hydrogens is 309 g/mol. The Labute approximate surface area is 136 Å². The number of nitrogens with two attached hydrogens (primary N) is 1. The highest BCUT2D eigenvalue weighted by Crippen LogP contribution is 2.33. The lowest BCUT2D eigenvalue weighted by Gasteiger charge is -2.02. The molecule has 0 saturated carbocycles. The van der Waals surface area contributed by atoms with Gasteiger partial charge in [0.05, 0.1) is 11.4 Å². The Bertz CT molecular complexity index is 982. The molecule has 4 aromatic rings. The zero-order valence-electron chi connectivity index (χ0n) is 12.5. The van der Waals surface area contributed by atoms with Gasteiger partial charge in [0.15, 0.2) is 4.96 Å². The average molecular weight is 323 g/mol. The van der Waals surface area contributed by atoms with E-state index in [0.717, 1.165) is 38.0 Å². The van der Waals surface area contributed by atoms with Gasteiger partial charge in [0, 0.05) is 22.3 Å². The molecule has 0 amide bonds. The number of nitrogen functional groups attached to an aromatic ring is 1. The molecule has 4 rings (SSSR count). The molecule has 0 fully saturated rings. The molecule has 2 aromatic heterocycles. The van der Waals surface area contributed by atoms with E-state index in [1.165, 1.54) is 12.1 Å². The van der Waals surface area contributed by atoms with Gasteiger partial charge in [-0.05, 0) is 48.9 Å². The van der Waals surface area contributed by atoms with Crippen LogP contribution in [0.1, 0.15) is 4.88 Å². The van der Waals surface area contributed by atoms with E-state index in [4.69, 9.17) is 10.7 Å². The van der Waals surface area contributed by atoms with Gasteiger partial charge in [-0.25, -0.2) is 9.37 Å². The van der Waals surface area contributed by atoms with Crippen molar-refractivity contribution in [3.8, 4) is 22.5 Å². The van der Waals surface area contributed by atoms with Crippen LogP contribution in [0.25, 0.3) is 27.5 Å². The van der Waals surface area contributed by atoms with E-state index in [0.29, 0.717) is 0 Å². The first-order valence-corrected chi connectivity index (χ1v) is 8.04.